The molecule has 1 aromatic heterocycles. The second-order valence-electron chi connectivity index (χ2n) is 4.36. The predicted octanol–water partition coefficient (Wildman–Crippen LogP) is 2.16. The molecule has 0 fully saturated rings. The van der Waals surface area contributed by atoms with Gasteiger partial charge in [0.05, 0.1) is 17.2 Å². The minimum atomic E-state index is -0.265. The highest BCUT2D eigenvalue weighted by Crippen LogP contribution is 2.13. The van der Waals surface area contributed by atoms with Crippen LogP contribution in [-0.2, 0) is 11.3 Å². The molecule has 0 saturated carbocycles. The van der Waals surface area contributed by atoms with Gasteiger partial charge in [0, 0.05) is 17.8 Å². The highest BCUT2D eigenvalue weighted by Gasteiger charge is 2.11. The number of aryl methyl sites for hydroxylation is 1. The van der Waals surface area contributed by atoms with Crippen LogP contribution in [0.3, 0.4) is 0 Å². The molecule has 1 amide bonds. The Morgan fingerprint density at radius 2 is 2.16 bits per heavy atom. The molecule has 1 atom stereocenters. The van der Waals surface area contributed by atoms with Crippen LogP contribution in [0, 0.1) is 6.92 Å². The lowest BCUT2D eigenvalue weighted by Crippen LogP contribution is -2.27. The summed E-state index contributed by atoms with van der Waals surface area (Å²) in [6, 6.07) is 9.37. The monoisotopic (exact) mass is 275 g/mol. The third-order valence-corrected chi connectivity index (χ3v) is 3.59. The standard InChI is InChI=1S/C14H17N3OS/c1-10-17-12(9-19-10)8-16-14(18)7-13(15)11-5-3-2-4-6-11/h2-6,9,13H,7-8,15H2,1H3,(H,16,18). The highest BCUT2D eigenvalue weighted by atomic mass is 32.1. The van der Waals surface area contributed by atoms with Crippen molar-refractivity contribution in [2.24, 2.45) is 5.73 Å². The van der Waals surface area contributed by atoms with Crippen LogP contribution in [0.1, 0.15) is 28.7 Å². The van der Waals surface area contributed by atoms with E-state index in [1.165, 1.54) is 0 Å². The van der Waals surface area contributed by atoms with Crippen molar-refractivity contribution >= 4 is 17.2 Å². The Hall–Kier alpha value is -1.72. The largest absolute Gasteiger partial charge is 0.350 e. The molecule has 0 aliphatic carbocycles. The Morgan fingerprint density at radius 1 is 1.42 bits per heavy atom. The van der Waals surface area contributed by atoms with Gasteiger partial charge in [-0.2, -0.15) is 0 Å². The van der Waals surface area contributed by atoms with Gasteiger partial charge in [-0.1, -0.05) is 30.3 Å². The zero-order valence-corrected chi connectivity index (χ0v) is 11.6. The number of rotatable bonds is 5. The molecule has 4 nitrogen and oxygen atoms in total. The summed E-state index contributed by atoms with van der Waals surface area (Å²) in [6.07, 6.45) is 0.285. The van der Waals surface area contributed by atoms with Crippen molar-refractivity contribution < 1.29 is 4.79 Å². The van der Waals surface area contributed by atoms with E-state index in [-0.39, 0.29) is 18.4 Å². The first-order valence-electron chi connectivity index (χ1n) is 6.13. The number of benzene rings is 1. The van der Waals surface area contributed by atoms with E-state index in [4.69, 9.17) is 5.73 Å². The SMILES string of the molecule is Cc1nc(CNC(=O)CC(N)c2ccccc2)cs1. The van der Waals surface area contributed by atoms with Gasteiger partial charge in [-0.15, -0.1) is 11.3 Å². The van der Waals surface area contributed by atoms with Crippen LogP contribution in [0.15, 0.2) is 35.7 Å². The van der Waals surface area contributed by atoms with Gasteiger partial charge in [0.15, 0.2) is 0 Å². The number of hydrogen-bond donors (Lipinski definition) is 2. The molecule has 0 radical (unpaired) electrons. The minimum absolute atomic E-state index is 0.0537. The maximum atomic E-state index is 11.8. The normalized spacial score (nSPS) is 12.1. The van der Waals surface area contributed by atoms with Crippen molar-refractivity contribution in [3.63, 3.8) is 0 Å². The van der Waals surface area contributed by atoms with Crippen LogP contribution in [0.5, 0.6) is 0 Å². The van der Waals surface area contributed by atoms with Crippen molar-refractivity contribution in [2.45, 2.75) is 25.9 Å². The lowest BCUT2D eigenvalue weighted by atomic mass is 10.0. The molecule has 19 heavy (non-hydrogen) atoms. The summed E-state index contributed by atoms with van der Waals surface area (Å²) >= 11 is 1.58. The first-order valence-corrected chi connectivity index (χ1v) is 7.01. The lowest BCUT2D eigenvalue weighted by Gasteiger charge is -2.11. The molecular weight excluding hydrogens is 258 g/mol. The number of aromatic nitrogens is 1. The fourth-order valence-corrected chi connectivity index (χ4v) is 2.38. The Morgan fingerprint density at radius 3 is 2.79 bits per heavy atom. The summed E-state index contributed by atoms with van der Waals surface area (Å²) in [7, 11) is 0. The first-order chi connectivity index (χ1) is 9.15. The topological polar surface area (TPSA) is 68.0 Å². The van der Waals surface area contributed by atoms with Crippen LogP contribution in [0.4, 0.5) is 0 Å². The van der Waals surface area contributed by atoms with Gasteiger partial charge in [-0.3, -0.25) is 4.79 Å². The first kappa shape index (κ1) is 13.7. The highest BCUT2D eigenvalue weighted by molar-refractivity contribution is 7.09. The van der Waals surface area contributed by atoms with Gasteiger partial charge < -0.3 is 11.1 Å². The Bertz CT molecular complexity index is 539. The molecule has 5 heteroatoms. The molecule has 2 aromatic rings. The van der Waals surface area contributed by atoms with E-state index in [2.05, 4.69) is 10.3 Å². The molecule has 0 aliphatic heterocycles. The summed E-state index contributed by atoms with van der Waals surface area (Å²) in [4.78, 5) is 16.1. The van der Waals surface area contributed by atoms with Crippen LogP contribution in [0.2, 0.25) is 0 Å². The molecule has 1 unspecified atom stereocenters. The van der Waals surface area contributed by atoms with Crippen LogP contribution >= 0.6 is 11.3 Å². The number of amides is 1. The molecule has 0 aliphatic rings. The average Bonchev–Trinajstić information content (AvgIpc) is 2.83. The second-order valence-corrected chi connectivity index (χ2v) is 5.42. The summed E-state index contributed by atoms with van der Waals surface area (Å²) in [5, 5.41) is 5.79. The quantitative estimate of drug-likeness (QED) is 0.878. The van der Waals surface area contributed by atoms with Crippen LogP contribution in [-0.4, -0.2) is 10.9 Å². The minimum Gasteiger partial charge on any atom is -0.350 e. The fraction of sp³-hybridized carbons (Fsp3) is 0.286. The number of nitrogens with zero attached hydrogens (tertiary/aromatic N) is 1. The van der Waals surface area contributed by atoms with Gasteiger partial charge in [0.1, 0.15) is 0 Å². The maximum Gasteiger partial charge on any atom is 0.222 e. The van der Waals surface area contributed by atoms with Gasteiger partial charge in [0.2, 0.25) is 5.91 Å². The van der Waals surface area contributed by atoms with E-state index < -0.39 is 0 Å². The fourth-order valence-electron chi connectivity index (χ4n) is 1.77. The van der Waals surface area contributed by atoms with Crippen molar-refractivity contribution in [3.8, 4) is 0 Å². The molecule has 0 bridgehead atoms. The molecule has 2 rings (SSSR count). The Balaban J connectivity index is 1.81. The molecule has 1 aromatic carbocycles. The maximum absolute atomic E-state index is 11.8. The van der Waals surface area contributed by atoms with Crippen molar-refractivity contribution in [3.05, 3.63) is 52.0 Å². The van der Waals surface area contributed by atoms with E-state index in [1.54, 1.807) is 11.3 Å². The second kappa shape index (κ2) is 6.45. The molecule has 100 valence electrons. The molecule has 3 N–H and O–H groups in total. The number of hydrogen-bond acceptors (Lipinski definition) is 4. The number of carbonyl (C=O) groups is 1. The van der Waals surface area contributed by atoms with Crippen molar-refractivity contribution in [1.82, 2.24) is 10.3 Å². The number of thiazole rings is 1. The number of nitrogens with two attached hydrogens (primary N) is 1. The summed E-state index contributed by atoms with van der Waals surface area (Å²) < 4.78 is 0. The van der Waals surface area contributed by atoms with Gasteiger partial charge in [-0.25, -0.2) is 4.98 Å². The van der Waals surface area contributed by atoms with Crippen LogP contribution < -0.4 is 11.1 Å². The molecule has 0 saturated heterocycles. The summed E-state index contributed by atoms with van der Waals surface area (Å²) in [6.45, 7) is 2.41. The average molecular weight is 275 g/mol. The van der Waals surface area contributed by atoms with Gasteiger partial charge in [-0.05, 0) is 12.5 Å². The number of carbonyl (C=O) groups excluding carboxylic acids is 1. The lowest BCUT2D eigenvalue weighted by molar-refractivity contribution is -0.121. The van der Waals surface area contributed by atoms with E-state index in [0.717, 1.165) is 16.3 Å². The van der Waals surface area contributed by atoms with Gasteiger partial charge >= 0.3 is 0 Å². The Kier molecular flexibility index (Phi) is 4.65. The number of nitrogens with one attached hydrogen (secondary N) is 1. The predicted molar refractivity (Wildman–Crippen MR) is 76.7 cm³/mol. The van der Waals surface area contributed by atoms with Crippen LogP contribution in [0.25, 0.3) is 0 Å². The summed E-state index contributed by atoms with van der Waals surface area (Å²) in [5.74, 6) is -0.0537. The molecular formula is C14H17N3OS. The van der Waals surface area contributed by atoms with E-state index in [0.29, 0.717) is 6.54 Å². The van der Waals surface area contributed by atoms with E-state index >= 15 is 0 Å². The van der Waals surface area contributed by atoms with E-state index in [1.807, 2.05) is 42.6 Å². The molecule has 1 heterocycles. The van der Waals surface area contributed by atoms with Crippen molar-refractivity contribution in [1.29, 1.82) is 0 Å². The smallest absolute Gasteiger partial charge is 0.222 e. The third-order valence-electron chi connectivity index (χ3n) is 2.77. The third kappa shape index (κ3) is 4.15. The van der Waals surface area contributed by atoms with Crippen molar-refractivity contribution in [2.75, 3.05) is 0 Å². The zero-order chi connectivity index (χ0) is 13.7. The van der Waals surface area contributed by atoms with Gasteiger partial charge in [0.25, 0.3) is 0 Å². The zero-order valence-electron chi connectivity index (χ0n) is 10.8. The molecule has 0 spiro atoms. The summed E-state index contributed by atoms with van der Waals surface area (Å²) in [5.41, 5.74) is 7.86. The van der Waals surface area contributed by atoms with E-state index in [9.17, 15) is 4.79 Å². The Labute approximate surface area is 116 Å².